The van der Waals surface area contributed by atoms with Crippen molar-refractivity contribution in [1.29, 1.82) is 0 Å². The molecule has 0 radical (unpaired) electrons. The first-order chi connectivity index (χ1) is 8.06. The van der Waals surface area contributed by atoms with Crippen LogP contribution in [0.3, 0.4) is 0 Å². The molecule has 17 heavy (non-hydrogen) atoms. The SMILES string of the molecule is O=C(O)c1ccc(C=C2SC(=S)NC2=S)cc1. The van der Waals surface area contributed by atoms with Gasteiger partial charge in [-0.15, -0.1) is 0 Å². The Morgan fingerprint density at radius 1 is 1.29 bits per heavy atom. The third kappa shape index (κ3) is 2.91. The first-order valence-electron chi connectivity index (χ1n) is 4.64. The fourth-order valence-electron chi connectivity index (χ4n) is 1.29. The van der Waals surface area contributed by atoms with Gasteiger partial charge in [-0.1, -0.05) is 48.3 Å². The summed E-state index contributed by atoms with van der Waals surface area (Å²) in [5.41, 5.74) is 1.16. The lowest BCUT2D eigenvalue weighted by atomic mass is 10.1. The number of carboxylic acids is 1. The zero-order chi connectivity index (χ0) is 12.4. The molecule has 6 heteroatoms. The minimum absolute atomic E-state index is 0.266. The van der Waals surface area contributed by atoms with Crippen molar-refractivity contribution < 1.29 is 9.90 Å². The van der Waals surface area contributed by atoms with Gasteiger partial charge in [-0.2, -0.15) is 0 Å². The van der Waals surface area contributed by atoms with E-state index in [1.807, 2.05) is 6.08 Å². The molecule has 3 nitrogen and oxygen atoms in total. The number of hydrogen-bond acceptors (Lipinski definition) is 4. The maximum Gasteiger partial charge on any atom is 0.335 e. The molecule has 1 saturated heterocycles. The quantitative estimate of drug-likeness (QED) is 0.642. The lowest BCUT2D eigenvalue weighted by Gasteiger charge is -1.98. The normalized spacial score (nSPS) is 17.3. The van der Waals surface area contributed by atoms with Gasteiger partial charge < -0.3 is 10.4 Å². The van der Waals surface area contributed by atoms with Crippen LogP contribution in [0, 0.1) is 0 Å². The van der Waals surface area contributed by atoms with Crippen molar-refractivity contribution in [2.24, 2.45) is 0 Å². The zero-order valence-corrected chi connectivity index (χ0v) is 10.9. The molecule has 0 bridgehead atoms. The minimum Gasteiger partial charge on any atom is -0.478 e. The summed E-state index contributed by atoms with van der Waals surface area (Å²) in [7, 11) is 0. The molecule has 1 fully saturated rings. The third-order valence-corrected chi connectivity index (χ3v) is 3.73. The fraction of sp³-hybridized carbons (Fsp3) is 0. The van der Waals surface area contributed by atoms with Crippen molar-refractivity contribution in [2.75, 3.05) is 0 Å². The molecule has 1 aliphatic rings. The van der Waals surface area contributed by atoms with E-state index in [4.69, 9.17) is 29.5 Å². The first kappa shape index (κ1) is 12.2. The number of rotatable bonds is 2. The van der Waals surface area contributed by atoms with E-state index < -0.39 is 5.97 Å². The van der Waals surface area contributed by atoms with E-state index >= 15 is 0 Å². The van der Waals surface area contributed by atoms with E-state index in [1.54, 1.807) is 24.3 Å². The standard InChI is InChI=1S/C11H7NO2S3/c13-10(14)7-3-1-6(2-4-7)5-8-9(15)12-11(16)17-8/h1-5H,(H,13,14)(H,12,15,16). The summed E-state index contributed by atoms with van der Waals surface area (Å²) >= 11 is 11.5. The van der Waals surface area contributed by atoms with E-state index in [9.17, 15) is 4.79 Å². The number of hydrogen-bond donors (Lipinski definition) is 2. The van der Waals surface area contributed by atoms with Crippen molar-refractivity contribution in [3.8, 4) is 0 Å². The molecular formula is C11H7NO2S3. The van der Waals surface area contributed by atoms with Gasteiger partial charge in [-0.25, -0.2) is 4.79 Å². The molecule has 2 rings (SSSR count). The minimum atomic E-state index is -0.933. The Morgan fingerprint density at radius 2 is 1.94 bits per heavy atom. The number of nitrogens with one attached hydrogen (secondary N) is 1. The van der Waals surface area contributed by atoms with Gasteiger partial charge in [0, 0.05) is 4.91 Å². The van der Waals surface area contributed by atoms with Crippen LogP contribution in [0.25, 0.3) is 6.08 Å². The van der Waals surface area contributed by atoms with Crippen molar-refractivity contribution in [3.63, 3.8) is 0 Å². The van der Waals surface area contributed by atoms with Crippen LogP contribution in [-0.4, -0.2) is 20.4 Å². The summed E-state index contributed by atoms with van der Waals surface area (Å²) in [5.74, 6) is -0.933. The lowest BCUT2D eigenvalue weighted by molar-refractivity contribution is 0.0697. The average Bonchev–Trinajstić information content (AvgIpc) is 2.58. The van der Waals surface area contributed by atoms with Crippen molar-refractivity contribution in [1.82, 2.24) is 5.32 Å². The number of thiocarbonyl (C=S) groups is 2. The topological polar surface area (TPSA) is 49.3 Å². The summed E-state index contributed by atoms with van der Waals surface area (Å²) in [5, 5.41) is 11.6. The first-order valence-corrected chi connectivity index (χ1v) is 6.28. The monoisotopic (exact) mass is 281 g/mol. The summed E-state index contributed by atoms with van der Waals surface area (Å²) in [6.45, 7) is 0. The largest absolute Gasteiger partial charge is 0.478 e. The van der Waals surface area contributed by atoms with Crippen molar-refractivity contribution >= 4 is 57.6 Å². The molecule has 0 spiro atoms. The Balaban J connectivity index is 2.24. The van der Waals surface area contributed by atoms with E-state index in [0.717, 1.165) is 10.5 Å². The molecule has 0 amide bonds. The van der Waals surface area contributed by atoms with Gasteiger partial charge in [-0.3, -0.25) is 0 Å². The van der Waals surface area contributed by atoms with Crippen molar-refractivity contribution in [2.45, 2.75) is 0 Å². The Morgan fingerprint density at radius 3 is 2.41 bits per heavy atom. The average molecular weight is 281 g/mol. The van der Waals surface area contributed by atoms with Crippen LogP contribution >= 0.6 is 36.2 Å². The molecule has 86 valence electrons. The van der Waals surface area contributed by atoms with Gasteiger partial charge in [0.1, 0.15) is 9.31 Å². The highest BCUT2D eigenvalue weighted by Crippen LogP contribution is 2.26. The highest BCUT2D eigenvalue weighted by Gasteiger charge is 2.18. The molecule has 0 aromatic heterocycles. The number of carbonyl (C=O) groups is 1. The molecule has 0 unspecified atom stereocenters. The number of thioether (sulfide) groups is 1. The Hall–Kier alpha value is -1.24. The van der Waals surface area contributed by atoms with Crippen LogP contribution < -0.4 is 5.32 Å². The predicted octanol–water partition coefficient (Wildman–Crippen LogP) is 2.67. The van der Waals surface area contributed by atoms with Crippen LogP contribution in [0.1, 0.15) is 15.9 Å². The highest BCUT2D eigenvalue weighted by molar-refractivity contribution is 8.27. The summed E-state index contributed by atoms with van der Waals surface area (Å²) in [6.07, 6.45) is 1.88. The number of benzene rings is 1. The van der Waals surface area contributed by atoms with Crippen LogP contribution in [0.15, 0.2) is 29.2 Å². The van der Waals surface area contributed by atoms with Gasteiger partial charge in [0.05, 0.1) is 5.56 Å². The summed E-state index contributed by atoms with van der Waals surface area (Å²) in [4.78, 5) is 12.2. The Labute approximate surface area is 113 Å². The second kappa shape index (κ2) is 4.95. The summed E-state index contributed by atoms with van der Waals surface area (Å²) in [6, 6.07) is 6.59. The van der Waals surface area contributed by atoms with Crippen LogP contribution in [0.5, 0.6) is 0 Å². The van der Waals surface area contributed by atoms with Gasteiger partial charge in [0.15, 0.2) is 0 Å². The Kier molecular flexibility index (Phi) is 3.56. The second-order valence-corrected chi connectivity index (χ2v) is 5.41. The fourth-order valence-corrected chi connectivity index (χ4v) is 2.77. The molecule has 0 aliphatic carbocycles. The number of aromatic carboxylic acids is 1. The van der Waals surface area contributed by atoms with Crippen molar-refractivity contribution in [3.05, 3.63) is 40.3 Å². The van der Waals surface area contributed by atoms with Gasteiger partial charge in [-0.05, 0) is 23.8 Å². The molecule has 1 heterocycles. The Bertz CT molecular complexity index is 534. The van der Waals surface area contributed by atoms with E-state index in [-0.39, 0.29) is 5.56 Å². The maximum absolute atomic E-state index is 10.7. The molecule has 2 N–H and O–H groups in total. The second-order valence-electron chi connectivity index (χ2n) is 3.28. The lowest BCUT2D eigenvalue weighted by Crippen LogP contribution is -2.15. The molecule has 1 aromatic carbocycles. The zero-order valence-electron chi connectivity index (χ0n) is 8.47. The van der Waals surface area contributed by atoms with Gasteiger partial charge >= 0.3 is 5.97 Å². The van der Waals surface area contributed by atoms with E-state index in [0.29, 0.717) is 9.31 Å². The summed E-state index contributed by atoms with van der Waals surface area (Å²) < 4.78 is 0.642. The molecule has 0 saturated carbocycles. The smallest absolute Gasteiger partial charge is 0.335 e. The molecule has 1 aliphatic heterocycles. The molecule has 0 atom stereocenters. The van der Waals surface area contributed by atoms with E-state index in [1.165, 1.54) is 11.8 Å². The predicted molar refractivity (Wildman–Crippen MR) is 77.3 cm³/mol. The molecular weight excluding hydrogens is 274 g/mol. The van der Waals surface area contributed by atoms with Crippen LogP contribution in [0.2, 0.25) is 0 Å². The van der Waals surface area contributed by atoms with Crippen LogP contribution in [-0.2, 0) is 0 Å². The maximum atomic E-state index is 10.7. The molecule has 1 aromatic rings. The highest BCUT2D eigenvalue weighted by atomic mass is 32.2. The van der Waals surface area contributed by atoms with Gasteiger partial charge in [0.25, 0.3) is 0 Å². The third-order valence-electron chi connectivity index (χ3n) is 2.10. The van der Waals surface area contributed by atoms with E-state index in [2.05, 4.69) is 5.32 Å². The van der Waals surface area contributed by atoms with Gasteiger partial charge in [0.2, 0.25) is 0 Å². The van der Waals surface area contributed by atoms with Crippen LogP contribution in [0.4, 0.5) is 0 Å². The number of carboxylic acid groups (broad SMARTS) is 1.